The Labute approximate surface area is 124 Å². The zero-order valence-electron chi connectivity index (χ0n) is 12.6. The van der Waals surface area contributed by atoms with Gasteiger partial charge >= 0.3 is 6.33 Å². The largest absolute Gasteiger partial charge is 0.408 e. The molecule has 0 aliphatic rings. The lowest BCUT2D eigenvalue weighted by atomic mass is 10.2. The molecule has 3 aromatic rings. The summed E-state index contributed by atoms with van der Waals surface area (Å²) >= 11 is 0. The lowest BCUT2D eigenvalue weighted by molar-refractivity contribution is -0.783. The molecule has 4 heteroatoms. The number of rotatable bonds is 2. The first-order valence-electron chi connectivity index (χ1n) is 6.96. The van der Waals surface area contributed by atoms with Crippen molar-refractivity contribution in [1.29, 1.82) is 0 Å². The van der Waals surface area contributed by atoms with Crippen LogP contribution in [-0.2, 0) is 14.1 Å². The predicted molar refractivity (Wildman–Crippen MR) is 85.2 cm³/mol. The van der Waals surface area contributed by atoms with E-state index >= 15 is 0 Å². The van der Waals surface area contributed by atoms with Crippen molar-refractivity contribution in [1.82, 2.24) is 0 Å². The van der Waals surface area contributed by atoms with Gasteiger partial charge in [-0.2, -0.15) is 0 Å². The number of aryl methyl sites for hydroxylation is 3. The zero-order valence-corrected chi connectivity index (χ0v) is 12.6. The molecule has 0 saturated heterocycles. The molecule has 0 bridgehead atoms. The van der Waals surface area contributed by atoms with Crippen molar-refractivity contribution in [3.63, 3.8) is 0 Å². The summed E-state index contributed by atoms with van der Waals surface area (Å²) in [6.45, 7) is 2.09. The van der Waals surface area contributed by atoms with Gasteiger partial charge in [-0.3, -0.25) is 0 Å². The van der Waals surface area contributed by atoms with Crippen LogP contribution in [0.5, 0.6) is 0 Å². The Hall–Kier alpha value is -2.62. The smallest absolute Gasteiger partial charge is 0.399 e. The van der Waals surface area contributed by atoms with Crippen LogP contribution in [0.25, 0.3) is 10.9 Å². The predicted octanol–water partition coefficient (Wildman–Crippen LogP) is 2.12. The number of aromatic nitrogens is 2. The monoisotopic (exact) mass is 280 g/mol. The second kappa shape index (κ2) is 5.05. The SMILES string of the molecule is Cc1cccc(Nc2c3cc(N)ccc3[n+](C)c[n+]2C)c1. The van der Waals surface area contributed by atoms with Crippen LogP contribution >= 0.6 is 0 Å². The van der Waals surface area contributed by atoms with E-state index in [0.717, 1.165) is 28.1 Å². The highest BCUT2D eigenvalue weighted by Crippen LogP contribution is 2.23. The number of nitrogen functional groups attached to an aromatic ring is 1. The van der Waals surface area contributed by atoms with Gasteiger partial charge in [-0.25, -0.2) is 0 Å². The van der Waals surface area contributed by atoms with Crippen molar-refractivity contribution in [2.24, 2.45) is 14.1 Å². The Morgan fingerprint density at radius 2 is 1.81 bits per heavy atom. The summed E-state index contributed by atoms with van der Waals surface area (Å²) in [5.41, 5.74) is 10.2. The molecule has 21 heavy (non-hydrogen) atoms. The number of nitrogens with two attached hydrogens (primary N) is 1. The first kappa shape index (κ1) is 13.4. The maximum atomic E-state index is 5.96. The Morgan fingerprint density at radius 1 is 1.00 bits per heavy atom. The summed E-state index contributed by atoms with van der Waals surface area (Å²) in [4.78, 5) is 0. The Balaban J connectivity index is 2.19. The van der Waals surface area contributed by atoms with Crippen LogP contribution in [0.4, 0.5) is 17.2 Å². The van der Waals surface area contributed by atoms with Crippen molar-refractivity contribution >= 4 is 28.1 Å². The zero-order chi connectivity index (χ0) is 15.0. The molecule has 0 fully saturated rings. The molecule has 1 heterocycles. The lowest BCUT2D eigenvalue weighted by Crippen LogP contribution is -2.44. The number of hydrogen-bond donors (Lipinski definition) is 2. The van der Waals surface area contributed by atoms with Crippen molar-refractivity contribution in [2.75, 3.05) is 11.1 Å². The summed E-state index contributed by atoms with van der Waals surface area (Å²) in [5.74, 6) is 1.03. The average Bonchev–Trinajstić information content (AvgIpc) is 2.43. The Kier molecular flexibility index (Phi) is 3.22. The first-order chi connectivity index (χ1) is 10.0. The van der Waals surface area contributed by atoms with Gasteiger partial charge in [0.1, 0.15) is 19.5 Å². The van der Waals surface area contributed by atoms with E-state index in [1.807, 2.05) is 32.3 Å². The van der Waals surface area contributed by atoms with Crippen molar-refractivity contribution < 1.29 is 9.13 Å². The molecule has 4 nitrogen and oxygen atoms in total. The van der Waals surface area contributed by atoms with Gasteiger partial charge in [0.2, 0.25) is 5.52 Å². The van der Waals surface area contributed by atoms with E-state index in [1.54, 1.807) is 0 Å². The molecular formula is C17H20N4+2. The van der Waals surface area contributed by atoms with Crippen LogP contribution < -0.4 is 20.2 Å². The number of fused-ring (bicyclic) bond motifs is 1. The van der Waals surface area contributed by atoms with E-state index in [-0.39, 0.29) is 0 Å². The highest BCUT2D eigenvalue weighted by atomic mass is 15.1. The Morgan fingerprint density at radius 3 is 2.57 bits per heavy atom. The molecule has 0 atom stereocenters. The van der Waals surface area contributed by atoms with E-state index in [1.165, 1.54) is 5.56 Å². The number of anilines is 3. The molecule has 0 unspecified atom stereocenters. The van der Waals surface area contributed by atoms with E-state index in [4.69, 9.17) is 5.73 Å². The Bertz CT molecular complexity index is 824. The third-order valence-electron chi connectivity index (χ3n) is 3.64. The van der Waals surface area contributed by atoms with Gasteiger partial charge in [-0.15, -0.1) is 9.13 Å². The van der Waals surface area contributed by atoms with Crippen LogP contribution in [-0.4, -0.2) is 0 Å². The highest BCUT2D eigenvalue weighted by molar-refractivity contribution is 5.89. The molecular weight excluding hydrogens is 260 g/mol. The molecule has 0 aliphatic heterocycles. The quantitative estimate of drug-likeness (QED) is 0.558. The lowest BCUT2D eigenvalue weighted by Gasteiger charge is -2.07. The second-order valence-electron chi connectivity index (χ2n) is 5.46. The van der Waals surface area contributed by atoms with Crippen LogP contribution in [0.3, 0.4) is 0 Å². The average molecular weight is 280 g/mol. The minimum Gasteiger partial charge on any atom is -0.399 e. The minimum absolute atomic E-state index is 0.765. The van der Waals surface area contributed by atoms with Gasteiger partial charge in [0, 0.05) is 17.4 Å². The van der Waals surface area contributed by atoms with Crippen LogP contribution in [0.1, 0.15) is 5.56 Å². The third kappa shape index (κ3) is 2.52. The maximum absolute atomic E-state index is 5.96. The minimum atomic E-state index is 0.765. The van der Waals surface area contributed by atoms with Crippen molar-refractivity contribution in [2.45, 2.75) is 6.92 Å². The standard InChI is InChI=1S/C17H19N4/c1-12-5-4-6-14(9-12)19-17-15-10-13(18)7-8-16(15)20(2)11-21(17)3/h4-11H,18H2,1-3H3/q+1/p+1. The van der Waals surface area contributed by atoms with Gasteiger partial charge in [-0.05, 0) is 36.8 Å². The summed E-state index contributed by atoms with van der Waals surface area (Å²) in [6, 6.07) is 14.3. The molecule has 0 saturated carbocycles. The molecule has 2 aromatic carbocycles. The summed E-state index contributed by atoms with van der Waals surface area (Å²) in [6.07, 6.45) is 2.05. The number of nitrogens with zero attached hydrogens (tertiary/aromatic N) is 2. The highest BCUT2D eigenvalue weighted by Gasteiger charge is 2.20. The fraction of sp³-hybridized carbons (Fsp3) is 0.176. The van der Waals surface area contributed by atoms with Gasteiger partial charge in [-0.1, -0.05) is 12.1 Å². The second-order valence-corrected chi connectivity index (χ2v) is 5.46. The van der Waals surface area contributed by atoms with Crippen molar-refractivity contribution in [3.05, 3.63) is 54.4 Å². The van der Waals surface area contributed by atoms with Gasteiger partial charge in [0.05, 0.1) is 0 Å². The fourth-order valence-electron chi connectivity index (χ4n) is 2.64. The van der Waals surface area contributed by atoms with Gasteiger partial charge in [0.25, 0.3) is 5.82 Å². The summed E-state index contributed by atoms with van der Waals surface area (Å²) in [5, 5.41) is 4.61. The summed E-state index contributed by atoms with van der Waals surface area (Å²) < 4.78 is 4.17. The molecule has 0 amide bonds. The van der Waals surface area contributed by atoms with Gasteiger partial charge in [0.15, 0.2) is 0 Å². The van der Waals surface area contributed by atoms with Crippen molar-refractivity contribution in [3.8, 4) is 0 Å². The fourth-order valence-corrected chi connectivity index (χ4v) is 2.64. The van der Waals surface area contributed by atoms with E-state index in [0.29, 0.717) is 0 Å². The van der Waals surface area contributed by atoms with Crippen LogP contribution in [0, 0.1) is 6.92 Å². The third-order valence-corrected chi connectivity index (χ3v) is 3.64. The molecule has 1 aromatic heterocycles. The number of nitrogens with one attached hydrogen (secondary N) is 1. The molecule has 3 N–H and O–H groups in total. The maximum Gasteiger partial charge on any atom is 0.408 e. The van der Waals surface area contributed by atoms with Crippen LogP contribution in [0.15, 0.2) is 48.8 Å². The molecule has 0 aliphatic carbocycles. The topological polar surface area (TPSA) is 45.8 Å². The van der Waals surface area contributed by atoms with E-state index in [9.17, 15) is 0 Å². The summed E-state index contributed by atoms with van der Waals surface area (Å²) in [7, 11) is 4.07. The molecule has 0 spiro atoms. The normalized spacial score (nSPS) is 10.8. The molecule has 0 radical (unpaired) electrons. The number of hydrogen-bond acceptors (Lipinski definition) is 2. The van der Waals surface area contributed by atoms with E-state index < -0.39 is 0 Å². The molecule has 3 rings (SSSR count). The first-order valence-corrected chi connectivity index (χ1v) is 6.96. The van der Waals surface area contributed by atoms with Crippen LogP contribution in [0.2, 0.25) is 0 Å². The number of benzene rings is 2. The molecule has 106 valence electrons. The van der Waals surface area contributed by atoms with Gasteiger partial charge < -0.3 is 11.1 Å². The van der Waals surface area contributed by atoms with E-state index in [2.05, 4.69) is 52.0 Å².